The third kappa shape index (κ3) is 7.72. The minimum absolute atomic E-state index is 0.0357. The van der Waals surface area contributed by atoms with E-state index in [1.807, 2.05) is 37.3 Å². The van der Waals surface area contributed by atoms with Crippen molar-refractivity contribution in [1.29, 1.82) is 0 Å². The molecule has 0 spiro atoms. The number of ether oxygens (including phenoxy) is 1. The normalized spacial score (nSPS) is 12.2. The van der Waals surface area contributed by atoms with Crippen LogP contribution in [0.1, 0.15) is 36.8 Å². The van der Waals surface area contributed by atoms with Gasteiger partial charge in [-0.05, 0) is 73.1 Å². The van der Waals surface area contributed by atoms with E-state index in [4.69, 9.17) is 4.74 Å². The van der Waals surface area contributed by atoms with Crippen LogP contribution >= 0.6 is 0 Å². The summed E-state index contributed by atoms with van der Waals surface area (Å²) in [6.45, 7) is 2.45. The molecule has 0 bridgehead atoms. The average molecular weight is 658 g/mol. The van der Waals surface area contributed by atoms with Crippen molar-refractivity contribution in [1.82, 2.24) is 19.9 Å². The van der Waals surface area contributed by atoms with Crippen LogP contribution in [0, 0.1) is 5.82 Å². The molecular weight excluding hydrogens is 621 g/mol. The fraction of sp³-hybridized carbons (Fsp3) is 0.257. The molecule has 0 unspecified atom stereocenters. The summed E-state index contributed by atoms with van der Waals surface area (Å²) in [5.41, 5.74) is 4.19. The highest BCUT2D eigenvalue weighted by atomic mass is 32.2. The number of fused-ring (bicyclic) bond motifs is 1. The van der Waals surface area contributed by atoms with Crippen LogP contribution in [0.15, 0.2) is 90.0 Å². The third-order valence-electron chi connectivity index (χ3n) is 7.93. The number of sulfone groups is 1. The molecule has 3 aromatic carbocycles. The first-order valence-corrected chi connectivity index (χ1v) is 17.0. The maximum Gasteiger partial charge on any atom is 0.257 e. The minimum atomic E-state index is -3.51. The Morgan fingerprint density at radius 1 is 1.00 bits per heavy atom. The Morgan fingerprint density at radius 3 is 2.36 bits per heavy atom. The van der Waals surface area contributed by atoms with Crippen molar-refractivity contribution in [2.45, 2.75) is 37.0 Å². The molecule has 12 heteroatoms. The van der Waals surface area contributed by atoms with Gasteiger partial charge in [-0.15, -0.1) is 5.10 Å². The topological polar surface area (TPSA) is 123 Å². The number of carbonyl (C=O) groups is 2. The number of benzene rings is 3. The van der Waals surface area contributed by atoms with Crippen LogP contribution in [0.4, 0.5) is 16.0 Å². The van der Waals surface area contributed by atoms with Crippen LogP contribution in [-0.4, -0.2) is 61.7 Å². The van der Waals surface area contributed by atoms with Gasteiger partial charge in [0.2, 0.25) is 5.91 Å². The van der Waals surface area contributed by atoms with Crippen LogP contribution in [0.5, 0.6) is 5.75 Å². The maximum atomic E-state index is 13.6. The standard InChI is InChI=1S/C35H36FN5O5S/c1-23(25-11-14-28(36)15-12-25)31(42)20-24-7-9-26(10-8-24)27-13-18-33-38-35(39-40(33)22-27)41(34(43)6-5-19-37-2)30-17-16-29(47(4,44)45)21-32(30)46-3/h7-18,21-23,37H,5-6,19-20H2,1-4H3/t23-/m1/s1. The Morgan fingerprint density at radius 2 is 1.70 bits per heavy atom. The van der Waals surface area contributed by atoms with Gasteiger partial charge in [0.05, 0.1) is 17.7 Å². The Hall–Kier alpha value is -4.94. The Kier molecular flexibility index (Phi) is 10.1. The second kappa shape index (κ2) is 14.2. The second-order valence-corrected chi connectivity index (χ2v) is 13.3. The van der Waals surface area contributed by atoms with E-state index in [0.29, 0.717) is 24.3 Å². The quantitative estimate of drug-likeness (QED) is 0.164. The van der Waals surface area contributed by atoms with Crippen molar-refractivity contribution >= 4 is 38.8 Å². The number of hydrogen-bond donors (Lipinski definition) is 1. The lowest BCUT2D eigenvalue weighted by atomic mass is 9.92. The number of ketones is 1. The minimum Gasteiger partial charge on any atom is -0.495 e. The van der Waals surface area contributed by atoms with Crippen molar-refractivity contribution in [3.63, 3.8) is 0 Å². The van der Waals surface area contributed by atoms with Crippen LogP contribution < -0.4 is 15.0 Å². The predicted octanol–water partition coefficient (Wildman–Crippen LogP) is 5.53. The number of nitrogens with zero attached hydrogens (tertiary/aromatic N) is 4. The van der Waals surface area contributed by atoms with Gasteiger partial charge in [-0.2, -0.15) is 4.98 Å². The van der Waals surface area contributed by atoms with Gasteiger partial charge in [0, 0.05) is 42.8 Å². The summed E-state index contributed by atoms with van der Waals surface area (Å²) < 4.78 is 44.8. The van der Waals surface area contributed by atoms with Gasteiger partial charge < -0.3 is 10.1 Å². The number of rotatable bonds is 13. The first kappa shape index (κ1) is 33.4. The fourth-order valence-electron chi connectivity index (χ4n) is 5.20. The molecule has 1 N–H and O–H groups in total. The number of methoxy groups -OCH3 is 1. The molecule has 0 saturated heterocycles. The van der Waals surface area contributed by atoms with Gasteiger partial charge in [-0.3, -0.25) is 9.59 Å². The van der Waals surface area contributed by atoms with E-state index >= 15 is 0 Å². The second-order valence-electron chi connectivity index (χ2n) is 11.3. The Balaban J connectivity index is 1.41. The van der Waals surface area contributed by atoms with Crippen LogP contribution in [0.2, 0.25) is 0 Å². The summed E-state index contributed by atoms with van der Waals surface area (Å²) in [5, 5.41) is 7.67. The third-order valence-corrected chi connectivity index (χ3v) is 9.04. The van der Waals surface area contributed by atoms with E-state index in [-0.39, 0.29) is 52.9 Å². The van der Waals surface area contributed by atoms with E-state index in [1.54, 1.807) is 36.0 Å². The zero-order valence-electron chi connectivity index (χ0n) is 26.6. The molecule has 1 atom stereocenters. The lowest BCUT2D eigenvalue weighted by Gasteiger charge is -2.22. The Bertz CT molecular complexity index is 2010. The molecule has 0 aliphatic heterocycles. The number of halogens is 1. The lowest BCUT2D eigenvalue weighted by Crippen LogP contribution is -2.28. The molecule has 244 valence electrons. The SMILES string of the molecule is CNCCCC(=O)N(c1nc2ccc(-c3ccc(CC(=O)[C@H](C)c4ccc(F)cc4)cc3)cn2n1)c1ccc(S(C)(=O)=O)cc1OC. The van der Waals surface area contributed by atoms with Gasteiger partial charge in [-0.1, -0.05) is 43.3 Å². The molecule has 0 aliphatic rings. The predicted molar refractivity (Wildman–Crippen MR) is 178 cm³/mol. The number of hydrogen-bond acceptors (Lipinski definition) is 8. The van der Waals surface area contributed by atoms with Crippen LogP contribution in [0.25, 0.3) is 16.8 Å². The molecule has 5 aromatic rings. The highest BCUT2D eigenvalue weighted by Crippen LogP contribution is 2.35. The largest absolute Gasteiger partial charge is 0.495 e. The summed E-state index contributed by atoms with van der Waals surface area (Å²) in [4.78, 5) is 32.5. The van der Waals surface area contributed by atoms with Crippen LogP contribution in [-0.2, 0) is 25.8 Å². The molecule has 0 saturated carbocycles. The van der Waals surface area contributed by atoms with Gasteiger partial charge in [0.25, 0.3) is 5.95 Å². The Labute approximate surface area is 273 Å². The fourth-order valence-corrected chi connectivity index (χ4v) is 5.83. The van der Waals surface area contributed by atoms with Crippen molar-refractivity contribution < 1.29 is 27.1 Å². The molecule has 10 nitrogen and oxygen atoms in total. The maximum absolute atomic E-state index is 13.6. The highest BCUT2D eigenvalue weighted by molar-refractivity contribution is 7.90. The molecule has 1 amide bonds. The first-order chi connectivity index (χ1) is 22.5. The van der Waals surface area contributed by atoms with E-state index < -0.39 is 9.84 Å². The van der Waals surface area contributed by atoms with E-state index in [9.17, 15) is 22.4 Å². The van der Waals surface area contributed by atoms with E-state index in [2.05, 4.69) is 15.4 Å². The first-order valence-electron chi connectivity index (χ1n) is 15.1. The van der Waals surface area contributed by atoms with Crippen molar-refractivity contribution in [2.75, 3.05) is 31.9 Å². The molecule has 2 aromatic heterocycles. The number of amides is 1. The van der Waals surface area contributed by atoms with E-state index in [0.717, 1.165) is 28.5 Å². The van der Waals surface area contributed by atoms with Crippen molar-refractivity contribution in [2.24, 2.45) is 0 Å². The molecule has 5 rings (SSSR count). The molecule has 2 heterocycles. The van der Waals surface area contributed by atoms with Gasteiger partial charge in [0.1, 0.15) is 17.3 Å². The highest BCUT2D eigenvalue weighted by Gasteiger charge is 2.26. The average Bonchev–Trinajstić information content (AvgIpc) is 3.48. The summed E-state index contributed by atoms with van der Waals surface area (Å²) in [6.07, 6.45) is 3.91. The monoisotopic (exact) mass is 657 g/mol. The zero-order chi connectivity index (χ0) is 33.7. The zero-order valence-corrected chi connectivity index (χ0v) is 27.4. The number of nitrogens with one attached hydrogen (secondary N) is 1. The van der Waals surface area contributed by atoms with Crippen molar-refractivity contribution in [3.8, 4) is 16.9 Å². The number of Topliss-reactive ketones (excluding diaryl/α,β-unsaturated/α-hetero) is 1. The molecule has 0 aliphatic carbocycles. The summed E-state index contributed by atoms with van der Waals surface area (Å²) in [7, 11) is -0.299. The molecular formula is C35H36FN5O5S. The van der Waals surface area contributed by atoms with Crippen LogP contribution in [0.3, 0.4) is 0 Å². The summed E-state index contributed by atoms with van der Waals surface area (Å²) >= 11 is 0. The molecule has 47 heavy (non-hydrogen) atoms. The van der Waals surface area contributed by atoms with Gasteiger partial charge >= 0.3 is 0 Å². The summed E-state index contributed by atoms with van der Waals surface area (Å²) in [6, 6.07) is 21.7. The molecule has 0 radical (unpaired) electrons. The molecule has 0 fully saturated rings. The van der Waals surface area contributed by atoms with Crippen molar-refractivity contribution in [3.05, 3.63) is 102 Å². The van der Waals surface area contributed by atoms with E-state index in [1.165, 1.54) is 42.3 Å². The number of carbonyl (C=O) groups excluding carboxylic acids is 2. The smallest absolute Gasteiger partial charge is 0.257 e. The number of aromatic nitrogens is 3. The van der Waals surface area contributed by atoms with Gasteiger partial charge in [0.15, 0.2) is 15.5 Å². The number of anilines is 2. The van der Waals surface area contributed by atoms with Gasteiger partial charge in [-0.25, -0.2) is 22.2 Å². The lowest BCUT2D eigenvalue weighted by molar-refractivity contribution is -0.119. The number of pyridine rings is 1. The summed E-state index contributed by atoms with van der Waals surface area (Å²) in [5.74, 6) is -0.622.